The summed E-state index contributed by atoms with van der Waals surface area (Å²) in [5, 5.41) is 19.1. The first-order chi connectivity index (χ1) is 19.0. The average molecular weight is 549 g/mol. The first kappa shape index (κ1) is 36.8. The van der Waals surface area contributed by atoms with E-state index in [9.17, 15) is 19.8 Å². The Bertz CT molecular complexity index is 694. The molecule has 0 amide bonds. The van der Waals surface area contributed by atoms with Crippen molar-refractivity contribution in [3.63, 3.8) is 0 Å². The van der Waals surface area contributed by atoms with E-state index in [0.717, 1.165) is 64.2 Å². The van der Waals surface area contributed by atoms with E-state index < -0.39 is 6.10 Å². The molecule has 2 N–H and O–H groups in total. The zero-order valence-electron chi connectivity index (χ0n) is 24.7. The van der Waals surface area contributed by atoms with Crippen molar-refractivity contribution in [1.82, 2.24) is 0 Å². The van der Waals surface area contributed by atoms with E-state index in [-0.39, 0.29) is 37.7 Å². The van der Waals surface area contributed by atoms with Crippen LogP contribution in [-0.4, -0.2) is 47.6 Å². The maximum absolute atomic E-state index is 12.0. The molecule has 0 aliphatic heterocycles. The fourth-order valence-electron chi connectivity index (χ4n) is 3.85. The van der Waals surface area contributed by atoms with Gasteiger partial charge in [0.1, 0.15) is 6.61 Å². The third kappa shape index (κ3) is 27.2. The van der Waals surface area contributed by atoms with Crippen LogP contribution in [0.5, 0.6) is 0 Å². The molecule has 39 heavy (non-hydrogen) atoms. The Morgan fingerprint density at radius 3 is 1.87 bits per heavy atom. The highest BCUT2D eigenvalue weighted by atomic mass is 16.6. The third-order valence-electron chi connectivity index (χ3n) is 6.18. The normalized spacial score (nSPS) is 13.6. The fraction of sp³-hybridized carbons (Fsp3) is 0.697. The van der Waals surface area contributed by atoms with Crippen LogP contribution in [0.25, 0.3) is 0 Å². The highest BCUT2D eigenvalue weighted by molar-refractivity contribution is 5.70. The summed E-state index contributed by atoms with van der Waals surface area (Å²) in [6, 6.07) is 0. The molecule has 0 fully saturated rings. The lowest BCUT2D eigenvalue weighted by molar-refractivity contribution is -0.161. The van der Waals surface area contributed by atoms with Crippen LogP contribution in [0.1, 0.15) is 123 Å². The number of aliphatic hydroxyl groups excluding tert-OH is 2. The zero-order chi connectivity index (χ0) is 28.8. The van der Waals surface area contributed by atoms with E-state index >= 15 is 0 Å². The first-order valence-corrected chi connectivity index (χ1v) is 15.3. The van der Waals surface area contributed by atoms with Crippen molar-refractivity contribution in [3.8, 4) is 0 Å². The van der Waals surface area contributed by atoms with E-state index in [1.165, 1.54) is 25.7 Å². The van der Waals surface area contributed by atoms with Gasteiger partial charge in [-0.25, -0.2) is 0 Å². The number of hydrogen-bond donors (Lipinski definition) is 2. The van der Waals surface area contributed by atoms with Gasteiger partial charge in [-0.1, -0.05) is 107 Å². The number of rotatable bonds is 26. The molecule has 0 aromatic heterocycles. The van der Waals surface area contributed by atoms with E-state index in [2.05, 4.69) is 56.4 Å². The molecule has 0 aromatic carbocycles. The molecule has 0 bridgehead atoms. The maximum Gasteiger partial charge on any atom is 0.306 e. The minimum Gasteiger partial charge on any atom is -0.462 e. The van der Waals surface area contributed by atoms with Crippen molar-refractivity contribution in [1.29, 1.82) is 0 Å². The number of carbonyl (C=O) groups is 2. The molecule has 0 saturated heterocycles. The van der Waals surface area contributed by atoms with Gasteiger partial charge in [0.2, 0.25) is 0 Å². The highest BCUT2D eigenvalue weighted by Gasteiger charge is 2.15. The summed E-state index contributed by atoms with van der Waals surface area (Å²) in [6.45, 7) is 3.81. The van der Waals surface area contributed by atoms with Crippen molar-refractivity contribution >= 4 is 11.9 Å². The Kier molecular flexibility index (Phi) is 27.2. The fourth-order valence-corrected chi connectivity index (χ4v) is 3.85. The first-order valence-electron chi connectivity index (χ1n) is 15.3. The van der Waals surface area contributed by atoms with E-state index in [4.69, 9.17) is 9.47 Å². The monoisotopic (exact) mass is 548 g/mol. The summed E-state index contributed by atoms with van der Waals surface area (Å²) in [7, 11) is 0. The molecule has 0 rings (SSSR count). The van der Waals surface area contributed by atoms with Gasteiger partial charge < -0.3 is 19.7 Å². The molecule has 6 heteroatoms. The molecule has 0 heterocycles. The predicted molar refractivity (Wildman–Crippen MR) is 160 cm³/mol. The molecular formula is C33H56O6. The Morgan fingerprint density at radius 2 is 1.26 bits per heavy atom. The Hall–Kier alpha value is -2.18. The Balaban J connectivity index is 3.78. The molecule has 0 aromatic rings. The van der Waals surface area contributed by atoms with Crippen LogP contribution >= 0.6 is 0 Å². The van der Waals surface area contributed by atoms with E-state index in [0.29, 0.717) is 12.8 Å². The smallest absolute Gasteiger partial charge is 0.306 e. The SMILES string of the molecule is CCCCCCCCCC(=O)OC[C@H](CO)OC(=O)CCC/C=C\C/C=C\C/C=C\C/C=C\CC(O)CCC. The number of esters is 2. The van der Waals surface area contributed by atoms with Gasteiger partial charge in [-0.3, -0.25) is 9.59 Å². The lowest BCUT2D eigenvalue weighted by atomic mass is 10.1. The Labute approximate surface area is 238 Å². The van der Waals surface area contributed by atoms with Gasteiger partial charge in [0.05, 0.1) is 12.7 Å². The van der Waals surface area contributed by atoms with Gasteiger partial charge in [-0.15, -0.1) is 0 Å². The second-order valence-electron chi connectivity index (χ2n) is 10.0. The Morgan fingerprint density at radius 1 is 0.692 bits per heavy atom. The number of unbranched alkanes of at least 4 members (excludes halogenated alkanes) is 7. The topological polar surface area (TPSA) is 93.1 Å². The second-order valence-corrected chi connectivity index (χ2v) is 10.0. The van der Waals surface area contributed by atoms with Crippen molar-refractivity contribution in [2.75, 3.05) is 13.2 Å². The van der Waals surface area contributed by atoms with E-state index in [1.54, 1.807) is 0 Å². The summed E-state index contributed by atoms with van der Waals surface area (Å²) in [6.07, 6.45) is 31.0. The molecule has 1 unspecified atom stereocenters. The lowest BCUT2D eigenvalue weighted by Gasteiger charge is -2.15. The number of hydrogen-bond acceptors (Lipinski definition) is 6. The quantitative estimate of drug-likeness (QED) is 0.0654. The van der Waals surface area contributed by atoms with E-state index in [1.807, 2.05) is 6.08 Å². The van der Waals surface area contributed by atoms with Gasteiger partial charge in [0, 0.05) is 12.8 Å². The van der Waals surface area contributed by atoms with Crippen LogP contribution in [0.2, 0.25) is 0 Å². The van der Waals surface area contributed by atoms with Gasteiger partial charge in [-0.2, -0.15) is 0 Å². The van der Waals surface area contributed by atoms with Crippen molar-refractivity contribution in [2.24, 2.45) is 0 Å². The maximum atomic E-state index is 12.0. The summed E-state index contributed by atoms with van der Waals surface area (Å²) in [5.74, 6) is -0.690. The van der Waals surface area contributed by atoms with Crippen LogP contribution in [0.4, 0.5) is 0 Å². The number of carbonyl (C=O) groups excluding carboxylic acids is 2. The number of ether oxygens (including phenoxy) is 2. The zero-order valence-corrected chi connectivity index (χ0v) is 24.7. The minimum atomic E-state index is -0.806. The molecule has 0 radical (unpaired) electrons. The predicted octanol–water partition coefficient (Wildman–Crippen LogP) is 7.69. The van der Waals surface area contributed by atoms with Crippen LogP contribution < -0.4 is 0 Å². The molecule has 0 spiro atoms. The van der Waals surface area contributed by atoms with Crippen LogP contribution in [-0.2, 0) is 19.1 Å². The molecular weight excluding hydrogens is 492 g/mol. The molecule has 0 aliphatic carbocycles. The van der Waals surface area contributed by atoms with Gasteiger partial charge in [-0.05, 0) is 51.4 Å². The minimum absolute atomic E-state index is 0.0983. The highest BCUT2D eigenvalue weighted by Crippen LogP contribution is 2.09. The van der Waals surface area contributed by atoms with Gasteiger partial charge >= 0.3 is 11.9 Å². The van der Waals surface area contributed by atoms with Crippen LogP contribution in [0.15, 0.2) is 48.6 Å². The van der Waals surface area contributed by atoms with Crippen LogP contribution in [0.3, 0.4) is 0 Å². The number of allylic oxidation sites excluding steroid dienone is 7. The molecule has 0 aliphatic rings. The van der Waals surface area contributed by atoms with Crippen LogP contribution in [0, 0.1) is 0 Å². The largest absolute Gasteiger partial charge is 0.462 e. The average Bonchev–Trinajstić information content (AvgIpc) is 2.92. The summed E-state index contributed by atoms with van der Waals surface area (Å²) >= 11 is 0. The molecule has 224 valence electrons. The van der Waals surface area contributed by atoms with Crippen molar-refractivity contribution < 1.29 is 29.3 Å². The lowest BCUT2D eigenvalue weighted by Crippen LogP contribution is -2.28. The van der Waals surface area contributed by atoms with Crippen molar-refractivity contribution in [2.45, 2.75) is 135 Å². The second kappa shape index (κ2) is 28.8. The summed E-state index contributed by atoms with van der Waals surface area (Å²) < 4.78 is 10.4. The third-order valence-corrected chi connectivity index (χ3v) is 6.18. The molecule has 0 saturated carbocycles. The summed E-state index contributed by atoms with van der Waals surface area (Å²) in [5.41, 5.74) is 0. The molecule has 6 nitrogen and oxygen atoms in total. The van der Waals surface area contributed by atoms with Gasteiger partial charge in [0.25, 0.3) is 0 Å². The number of aliphatic hydroxyl groups is 2. The molecule has 2 atom stereocenters. The standard InChI is InChI=1S/C33H56O6/c1-3-5-6-7-15-19-22-26-32(36)38-29-31(28-34)39-33(37)27-23-20-17-14-12-10-8-9-11-13-16-18-21-25-30(35)24-4-2/h8,10-11,13-14,17-18,21,30-31,34-35H,3-7,9,12,15-16,19-20,22-29H2,1-2H3/b10-8-,13-11-,17-14-,21-18-/t30?,31-/m0/s1. The van der Waals surface area contributed by atoms with Crippen molar-refractivity contribution in [3.05, 3.63) is 48.6 Å². The van der Waals surface area contributed by atoms with Gasteiger partial charge in [0.15, 0.2) is 6.10 Å². The summed E-state index contributed by atoms with van der Waals surface area (Å²) in [4.78, 5) is 23.9.